The minimum absolute atomic E-state index is 0.273. The smallest absolute Gasteiger partial charge is 0.338 e. The van der Waals surface area contributed by atoms with Crippen molar-refractivity contribution in [3.8, 4) is 0 Å². The van der Waals surface area contributed by atoms with Crippen LogP contribution in [0.3, 0.4) is 0 Å². The van der Waals surface area contributed by atoms with E-state index >= 15 is 0 Å². The Balaban J connectivity index is 2.14. The second kappa shape index (κ2) is 7.51. The zero-order valence-corrected chi connectivity index (χ0v) is 9.22. The fourth-order valence-corrected chi connectivity index (χ4v) is 1.19. The number of esters is 1. The minimum Gasteiger partial charge on any atom is -0.502 e. The number of carbonyl (C=O) groups excluding carboxylic acids is 1. The van der Waals surface area contributed by atoms with Crippen LogP contribution in [0.5, 0.6) is 0 Å². The summed E-state index contributed by atoms with van der Waals surface area (Å²) in [6, 6.07) is 8.97. The van der Waals surface area contributed by atoms with Crippen LogP contribution in [0.25, 0.3) is 0 Å². The van der Waals surface area contributed by atoms with Crippen molar-refractivity contribution in [3.63, 3.8) is 0 Å². The molecule has 1 aromatic carbocycles. The largest absolute Gasteiger partial charge is 0.502 e. The predicted molar refractivity (Wildman–Crippen MR) is 62.1 cm³/mol. The fourth-order valence-electron chi connectivity index (χ4n) is 1.19. The maximum atomic E-state index is 11.5. The standard InChI is InChI=1S/C13H16O3/c1-2-15-10-6-7-11-16-13(14)12-8-4-3-5-9-12/h2-5,8-9H,1,6-7,10-11H2. The van der Waals surface area contributed by atoms with E-state index in [1.807, 2.05) is 18.2 Å². The third kappa shape index (κ3) is 4.64. The lowest BCUT2D eigenvalue weighted by atomic mass is 10.2. The first kappa shape index (κ1) is 12.3. The lowest BCUT2D eigenvalue weighted by Gasteiger charge is -2.04. The second-order valence-electron chi connectivity index (χ2n) is 3.25. The first-order valence-corrected chi connectivity index (χ1v) is 5.29. The Bertz CT molecular complexity index is 319. The monoisotopic (exact) mass is 220 g/mol. The molecule has 0 N–H and O–H groups in total. The van der Waals surface area contributed by atoms with Gasteiger partial charge in [-0.2, -0.15) is 0 Å². The van der Waals surface area contributed by atoms with Gasteiger partial charge in [-0.05, 0) is 25.0 Å². The predicted octanol–water partition coefficient (Wildman–Crippen LogP) is 2.78. The van der Waals surface area contributed by atoms with Crippen molar-refractivity contribution in [2.24, 2.45) is 0 Å². The van der Waals surface area contributed by atoms with E-state index in [9.17, 15) is 4.79 Å². The number of unbranched alkanes of at least 4 members (excludes halogenated alkanes) is 1. The molecule has 0 saturated carbocycles. The van der Waals surface area contributed by atoms with Gasteiger partial charge in [0.05, 0.1) is 25.0 Å². The normalized spacial score (nSPS) is 9.50. The highest BCUT2D eigenvalue weighted by molar-refractivity contribution is 5.89. The molecule has 0 bridgehead atoms. The molecule has 0 spiro atoms. The average Bonchev–Trinajstić information content (AvgIpc) is 2.34. The van der Waals surface area contributed by atoms with E-state index in [0.717, 1.165) is 12.8 Å². The van der Waals surface area contributed by atoms with Crippen LogP contribution in [0, 0.1) is 0 Å². The van der Waals surface area contributed by atoms with Crippen molar-refractivity contribution in [2.45, 2.75) is 12.8 Å². The van der Waals surface area contributed by atoms with E-state index in [1.54, 1.807) is 12.1 Å². The molecule has 0 heterocycles. The Morgan fingerprint density at radius 2 is 1.88 bits per heavy atom. The molecule has 0 fully saturated rings. The van der Waals surface area contributed by atoms with Crippen LogP contribution in [0.4, 0.5) is 0 Å². The fraction of sp³-hybridized carbons (Fsp3) is 0.308. The zero-order chi connectivity index (χ0) is 11.6. The average molecular weight is 220 g/mol. The molecule has 0 unspecified atom stereocenters. The molecule has 0 aliphatic heterocycles. The van der Waals surface area contributed by atoms with E-state index in [2.05, 4.69) is 6.58 Å². The van der Waals surface area contributed by atoms with Crippen molar-refractivity contribution in [1.29, 1.82) is 0 Å². The van der Waals surface area contributed by atoms with Crippen LogP contribution in [0.2, 0.25) is 0 Å². The maximum absolute atomic E-state index is 11.5. The van der Waals surface area contributed by atoms with Gasteiger partial charge < -0.3 is 9.47 Å². The van der Waals surface area contributed by atoms with E-state index in [4.69, 9.17) is 9.47 Å². The molecule has 0 radical (unpaired) electrons. The molecule has 0 aromatic heterocycles. The summed E-state index contributed by atoms with van der Waals surface area (Å²) in [6.07, 6.45) is 3.07. The molecule has 16 heavy (non-hydrogen) atoms. The SMILES string of the molecule is C=COCCCCOC(=O)c1ccccc1. The molecule has 3 nitrogen and oxygen atoms in total. The van der Waals surface area contributed by atoms with Crippen molar-refractivity contribution >= 4 is 5.97 Å². The van der Waals surface area contributed by atoms with Gasteiger partial charge in [-0.1, -0.05) is 24.8 Å². The van der Waals surface area contributed by atoms with Crippen LogP contribution in [-0.4, -0.2) is 19.2 Å². The van der Waals surface area contributed by atoms with Crippen molar-refractivity contribution in [3.05, 3.63) is 48.7 Å². The zero-order valence-electron chi connectivity index (χ0n) is 9.22. The molecule has 0 atom stereocenters. The highest BCUT2D eigenvalue weighted by atomic mass is 16.5. The molecular formula is C13H16O3. The van der Waals surface area contributed by atoms with Gasteiger partial charge in [0.25, 0.3) is 0 Å². The molecule has 0 aliphatic rings. The Labute approximate surface area is 95.7 Å². The number of ether oxygens (including phenoxy) is 2. The first-order chi connectivity index (χ1) is 7.84. The Morgan fingerprint density at radius 1 is 1.19 bits per heavy atom. The summed E-state index contributed by atoms with van der Waals surface area (Å²) >= 11 is 0. The van der Waals surface area contributed by atoms with Gasteiger partial charge in [0.2, 0.25) is 0 Å². The van der Waals surface area contributed by atoms with Crippen LogP contribution < -0.4 is 0 Å². The highest BCUT2D eigenvalue weighted by Crippen LogP contribution is 2.02. The Morgan fingerprint density at radius 3 is 2.56 bits per heavy atom. The van der Waals surface area contributed by atoms with E-state index in [-0.39, 0.29) is 5.97 Å². The molecule has 1 rings (SSSR count). The Kier molecular flexibility index (Phi) is 5.78. The molecule has 3 heteroatoms. The summed E-state index contributed by atoms with van der Waals surface area (Å²) in [4.78, 5) is 11.5. The quantitative estimate of drug-likeness (QED) is 0.402. The van der Waals surface area contributed by atoms with Gasteiger partial charge in [-0.25, -0.2) is 4.79 Å². The Hall–Kier alpha value is -1.77. The first-order valence-electron chi connectivity index (χ1n) is 5.29. The van der Waals surface area contributed by atoms with Crippen molar-refractivity contribution < 1.29 is 14.3 Å². The summed E-state index contributed by atoms with van der Waals surface area (Å²) in [5.74, 6) is -0.273. The number of carbonyl (C=O) groups is 1. The highest BCUT2D eigenvalue weighted by Gasteiger charge is 2.04. The van der Waals surface area contributed by atoms with Crippen LogP contribution in [0.15, 0.2) is 43.2 Å². The van der Waals surface area contributed by atoms with Gasteiger partial charge in [0.1, 0.15) is 0 Å². The summed E-state index contributed by atoms with van der Waals surface area (Å²) in [6.45, 7) is 4.48. The van der Waals surface area contributed by atoms with Crippen LogP contribution >= 0.6 is 0 Å². The molecule has 0 amide bonds. The summed E-state index contributed by atoms with van der Waals surface area (Å²) in [7, 11) is 0. The number of rotatable bonds is 7. The van der Waals surface area contributed by atoms with Crippen LogP contribution in [-0.2, 0) is 9.47 Å². The molecule has 1 aromatic rings. The van der Waals surface area contributed by atoms with E-state index in [1.165, 1.54) is 6.26 Å². The van der Waals surface area contributed by atoms with Gasteiger partial charge in [-0.15, -0.1) is 0 Å². The number of hydrogen-bond donors (Lipinski definition) is 0. The molecule has 0 aliphatic carbocycles. The lowest BCUT2D eigenvalue weighted by Crippen LogP contribution is -2.06. The summed E-state index contributed by atoms with van der Waals surface area (Å²) in [5.41, 5.74) is 0.588. The lowest BCUT2D eigenvalue weighted by molar-refractivity contribution is 0.0492. The number of hydrogen-bond acceptors (Lipinski definition) is 3. The molecule has 86 valence electrons. The summed E-state index contributed by atoms with van der Waals surface area (Å²) in [5, 5.41) is 0. The molecule has 0 saturated heterocycles. The van der Waals surface area contributed by atoms with Gasteiger partial charge in [0, 0.05) is 0 Å². The molecular weight excluding hydrogens is 204 g/mol. The third-order valence-electron chi connectivity index (χ3n) is 2.02. The summed E-state index contributed by atoms with van der Waals surface area (Å²) < 4.78 is 10.0. The van der Waals surface area contributed by atoms with Crippen molar-refractivity contribution in [1.82, 2.24) is 0 Å². The minimum atomic E-state index is -0.273. The van der Waals surface area contributed by atoms with E-state index < -0.39 is 0 Å². The van der Waals surface area contributed by atoms with Gasteiger partial charge in [0.15, 0.2) is 0 Å². The van der Waals surface area contributed by atoms with E-state index in [0.29, 0.717) is 18.8 Å². The van der Waals surface area contributed by atoms with Gasteiger partial charge >= 0.3 is 5.97 Å². The van der Waals surface area contributed by atoms with Crippen LogP contribution in [0.1, 0.15) is 23.2 Å². The topological polar surface area (TPSA) is 35.5 Å². The maximum Gasteiger partial charge on any atom is 0.338 e. The van der Waals surface area contributed by atoms with Gasteiger partial charge in [-0.3, -0.25) is 0 Å². The third-order valence-corrected chi connectivity index (χ3v) is 2.02. The number of benzene rings is 1. The second-order valence-corrected chi connectivity index (χ2v) is 3.25. The van der Waals surface area contributed by atoms with Crippen molar-refractivity contribution in [2.75, 3.05) is 13.2 Å².